The van der Waals surface area contributed by atoms with Gasteiger partial charge >= 0.3 is 0 Å². The number of benzene rings is 3. The minimum atomic E-state index is -0.0341. The van der Waals surface area contributed by atoms with Crippen LogP contribution < -0.4 is 10.3 Å². The molecule has 3 aromatic carbocycles. The molecule has 0 unspecified atom stereocenters. The van der Waals surface area contributed by atoms with Crippen molar-refractivity contribution in [3.05, 3.63) is 93.7 Å². The van der Waals surface area contributed by atoms with Crippen LogP contribution in [0.2, 0.25) is 0 Å². The van der Waals surface area contributed by atoms with Gasteiger partial charge in [0.2, 0.25) is 0 Å². The van der Waals surface area contributed by atoms with Crippen molar-refractivity contribution in [1.29, 1.82) is 0 Å². The van der Waals surface area contributed by atoms with Crippen LogP contribution in [0.25, 0.3) is 21.1 Å². The predicted molar refractivity (Wildman–Crippen MR) is 127 cm³/mol. The van der Waals surface area contributed by atoms with Gasteiger partial charge in [0.25, 0.3) is 5.56 Å². The summed E-state index contributed by atoms with van der Waals surface area (Å²) < 4.78 is 8.17. The highest BCUT2D eigenvalue weighted by Gasteiger charge is 2.13. The zero-order valence-corrected chi connectivity index (χ0v) is 18.5. The van der Waals surface area contributed by atoms with Crippen molar-refractivity contribution in [2.24, 2.45) is 0 Å². The molecule has 5 nitrogen and oxygen atoms in total. The van der Waals surface area contributed by atoms with Crippen molar-refractivity contribution < 1.29 is 4.74 Å². The lowest BCUT2D eigenvalue weighted by molar-refractivity contribution is 0.414. The maximum atomic E-state index is 13.3. The quantitative estimate of drug-likeness (QED) is 0.260. The third kappa shape index (κ3) is 4.06. The van der Waals surface area contributed by atoms with Gasteiger partial charge in [0.05, 0.1) is 40.5 Å². The highest BCUT2D eigenvalue weighted by Crippen LogP contribution is 2.28. The first-order chi connectivity index (χ1) is 15.2. The van der Waals surface area contributed by atoms with Crippen LogP contribution in [0.3, 0.4) is 0 Å². The number of fused-ring (bicyclic) bond motifs is 2. The number of methoxy groups -OCH3 is 1. The molecule has 5 aromatic rings. The zero-order valence-electron chi connectivity index (χ0n) is 16.8. The minimum absolute atomic E-state index is 0.0341. The Morgan fingerprint density at radius 2 is 1.68 bits per heavy atom. The fourth-order valence-corrected chi connectivity index (χ4v) is 5.38. The van der Waals surface area contributed by atoms with E-state index >= 15 is 0 Å². The number of ether oxygens (including phenoxy) is 1. The second-order valence-corrected chi connectivity index (χ2v) is 9.07. The molecule has 0 radical (unpaired) electrons. The van der Waals surface area contributed by atoms with Crippen molar-refractivity contribution in [1.82, 2.24) is 14.5 Å². The first kappa shape index (κ1) is 19.8. The van der Waals surface area contributed by atoms with Crippen molar-refractivity contribution in [3.63, 3.8) is 0 Å². The summed E-state index contributed by atoms with van der Waals surface area (Å²) in [4.78, 5) is 22.8. The summed E-state index contributed by atoms with van der Waals surface area (Å²) in [7, 11) is 1.64. The van der Waals surface area contributed by atoms with Crippen LogP contribution in [0.4, 0.5) is 0 Å². The second-order valence-electron chi connectivity index (χ2n) is 7.01. The number of rotatable bonds is 6. The molecule has 31 heavy (non-hydrogen) atoms. The van der Waals surface area contributed by atoms with E-state index in [2.05, 4.69) is 6.07 Å². The van der Waals surface area contributed by atoms with E-state index in [1.54, 1.807) is 34.8 Å². The molecule has 7 heteroatoms. The summed E-state index contributed by atoms with van der Waals surface area (Å²) in [5, 5.41) is 2.34. The average Bonchev–Trinajstić information content (AvgIpc) is 3.23. The summed E-state index contributed by atoms with van der Waals surface area (Å²) >= 11 is 3.22. The van der Waals surface area contributed by atoms with Crippen LogP contribution in [0.5, 0.6) is 5.75 Å². The normalized spacial score (nSPS) is 11.3. The Hall–Kier alpha value is -3.16. The Kier molecular flexibility index (Phi) is 5.44. The lowest BCUT2D eigenvalue weighted by Crippen LogP contribution is -2.24. The molecular formula is C24H19N3O2S2. The summed E-state index contributed by atoms with van der Waals surface area (Å²) in [5.74, 6) is 1.45. The summed E-state index contributed by atoms with van der Waals surface area (Å²) in [5.41, 5.74) is 2.70. The topological polar surface area (TPSA) is 57.0 Å². The maximum Gasteiger partial charge on any atom is 0.262 e. The molecule has 0 saturated carbocycles. The molecule has 5 rings (SSSR count). The third-order valence-corrected chi connectivity index (χ3v) is 7.20. The Bertz CT molecular complexity index is 1390. The number of thioether (sulfide) groups is 1. The first-order valence-electron chi connectivity index (χ1n) is 9.81. The standard InChI is InChI=1S/C24H19N3O2S2/c1-29-17-12-10-16(11-13-17)14-27-23(28)18-6-2-3-7-19(18)26-24(27)30-15-22-25-20-8-4-5-9-21(20)31-22/h2-13H,14-15H2,1H3. The van der Waals surface area contributed by atoms with Crippen molar-refractivity contribution in [2.45, 2.75) is 17.5 Å². The van der Waals surface area contributed by atoms with Crippen LogP contribution in [0.1, 0.15) is 10.6 Å². The molecule has 0 N–H and O–H groups in total. The number of hydrogen-bond acceptors (Lipinski definition) is 6. The molecule has 2 aromatic heterocycles. The van der Waals surface area contributed by atoms with Gasteiger partial charge in [0.1, 0.15) is 10.8 Å². The van der Waals surface area contributed by atoms with Gasteiger partial charge < -0.3 is 4.74 Å². The molecular weight excluding hydrogens is 426 g/mol. The van der Waals surface area contributed by atoms with Gasteiger partial charge in [-0.15, -0.1) is 11.3 Å². The SMILES string of the molecule is COc1ccc(Cn2c(SCc3nc4ccccc4s3)nc3ccccc3c2=O)cc1. The minimum Gasteiger partial charge on any atom is -0.497 e. The molecule has 0 aliphatic carbocycles. The monoisotopic (exact) mass is 445 g/mol. The van der Waals surface area contributed by atoms with Crippen molar-refractivity contribution in [2.75, 3.05) is 7.11 Å². The van der Waals surface area contributed by atoms with Crippen molar-refractivity contribution in [3.8, 4) is 5.75 Å². The molecule has 0 aliphatic rings. The molecule has 2 heterocycles. The van der Waals surface area contributed by atoms with Crippen LogP contribution in [0.15, 0.2) is 82.7 Å². The largest absolute Gasteiger partial charge is 0.497 e. The average molecular weight is 446 g/mol. The zero-order chi connectivity index (χ0) is 21.2. The van der Waals surface area contributed by atoms with Gasteiger partial charge in [-0.05, 0) is 42.0 Å². The number of aromatic nitrogens is 3. The summed E-state index contributed by atoms with van der Waals surface area (Å²) in [6.07, 6.45) is 0. The Labute approximate surface area is 187 Å². The Balaban J connectivity index is 1.51. The first-order valence-corrected chi connectivity index (χ1v) is 11.6. The summed E-state index contributed by atoms with van der Waals surface area (Å²) in [6.45, 7) is 0.447. The molecule has 0 bridgehead atoms. The van der Waals surface area contributed by atoms with Gasteiger partial charge in [0.15, 0.2) is 5.16 Å². The Morgan fingerprint density at radius 3 is 2.45 bits per heavy atom. The van der Waals surface area contributed by atoms with Crippen LogP contribution in [-0.2, 0) is 12.3 Å². The van der Waals surface area contributed by atoms with Crippen LogP contribution >= 0.6 is 23.1 Å². The highest BCUT2D eigenvalue weighted by atomic mass is 32.2. The van der Waals surface area contributed by atoms with E-state index in [1.807, 2.05) is 66.7 Å². The summed E-state index contributed by atoms with van der Waals surface area (Å²) in [6, 6.07) is 23.4. The number of para-hydroxylation sites is 2. The van der Waals surface area contributed by atoms with E-state index in [-0.39, 0.29) is 5.56 Å². The van der Waals surface area contributed by atoms with Gasteiger partial charge in [-0.3, -0.25) is 9.36 Å². The van der Waals surface area contributed by atoms with Gasteiger partial charge in [-0.1, -0.05) is 48.2 Å². The van der Waals surface area contributed by atoms with Gasteiger partial charge in [-0.2, -0.15) is 0 Å². The molecule has 0 amide bonds. The van der Waals surface area contributed by atoms with E-state index in [4.69, 9.17) is 14.7 Å². The Morgan fingerprint density at radius 1 is 0.935 bits per heavy atom. The maximum absolute atomic E-state index is 13.3. The van der Waals surface area contributed by atoms with E-state index in [9.17, 15) is 4.79 Å². The number of nitrogens with zero attached hydrogens (tertiary/aromatic N) is 3. The van der Waals surface area contributed by atoms with Gasteiger partial charge in [0, 0.05) is 0 Å². The fourth-order valence-electron chi connectivity index (χ4n) is 3.42. The molecule has 0 atom stereocenters. The van der Waals surface area contributed by atoms with E-state index in [0.29, 0.717) is 28.4 Å². The second kappa shape index (κ2) is 8.53. The van der Waals surface area contributed by atoms with Crippen molar-refractivity contribution >= 4 is 44.2 Å². The third-order valence-electron chi connectivity index (χ3n) is 4.99. The highest BCUT2D eigenvalue weighted by molar-refractivity contribution is 7.98. The van der Waals surface area contributed by atoms with Gasteiger partial charge in [-0.25, -0.2) is 9.97 Å². The molecule has 0 aliphatic heterocycles. The smallest absolute Gasteiger partial charge is 0.262 e. The van der Waals surface area contributed by atoms with E-state index in [1.165, 1.54) is 4.70 Å². The van der Waals surface area contributed by atoms with Crippen LogP contribution in [0, 0.1) is 0 Å². The predicted octanol–water partition coefficient (Wildman–Crippen LogP) is 5.36. The fraction of sp³-hybridized carbons (Fsp3) is 0.125. The molecule has 0 saturated heterocycles. The molecule has 0 fully saturated rings. The van der Waals surface area contributed by atoms with E-state index in [0.717, 1.165) is 21.8 Å². The molecule has 154 valence electrons. The number of hydrogen-bond donors (Lipinski definition) is 0. The van der Waals surface area contributed by atoms with E-state index < -0.39 is 0 Å². The van der Waals surface area contributed by atoms with Crippen LogP contribution in [-0.4, -0.2) is 21.6 Å². The lowest BCUT2D eigenvalue weighted by atomic mass is 10.2. The molecule has 0 spiro atoms. The lowest BCUT2D eigenvalue weighted by Gasteiger charge is -2.13. The number of thiazole rings is 1.